The minimum absolute atomic E-state index is 0.174. The number of ether oxygens (including phenoxy) is 2. The standard InChI is InChI=1S/C28H30Cl3NO2/c1-2-15-32-16-14-28(23-9-11-24(29)12-10-23,34-20-21-6-4-3-5-7-21)27(18-32)33-19-22-8-13-25(30)26(31)17-22/h3-13,17,27H,2,14-16,18-20H2,1H3/t27-,28+/m0/s1. The predicted molar refractivity (Wildman–Crippen MR) is 141 cm³/mol. The second-order valence-corrected chi connectivity index (χ2v) is 10.0. The normalized spacial score (nSPS) is 21.0. The fourth-order valence-electron chi connectivity index (χ4n) is 4.59. The fraction of sp³-hybridized carbons (Fsp3) is 0.357. The topological polar surface area (TPSA) is 21.7 Å². The summed E-state index contributed by atoms with van der Waals surface area (Å²) in [7, 11) is 0. The molecular weight excluding hydrogens is 489 g/mol. The van der Waals surface area contributed by atoms with Crippen LogP contribution in [0.25, 0.3) is 0 Å². The van der Waals surface area contributed by atoms with Gasteiger partial charge in [-0.3, -0.25) is 0 Å². The maximum atomic E-state index is 6.81. The number of rotatable bonds is 9. The Morgan fingerprint density at radius 2 is 1.65 bits per heavy atom. The van der Waals surface area contributed by atoms with E-state index < -0.39 is 5.60 Å². The molecule has 0 amide bonds. The van der Waals surface area contributed by atoms with Gasteiger partial charge in [0.2, 0.25) is 0 Å². The van der Waals surface area contributed by atoms with E-state index in [9.17, 15) is 0 Å². The molecule has 1 fully saturated rings. The molecule has 3 nitrogen and oxygen atoms in total. The summed E-state index contributed by atoms with van der Waals surface area (Å²) in [6.45, 7) is 5.89. The molecule has 34 heavy (non-hydrogen) atoms. The van der Waals surface area contributed by atoms with E-state index in [2.05, 4.69) is 36.1 Å². The molecule has 3 aromatic rings. The molecule has 2 atom stereocenters. The molecule has 1 aliphatic heterocycles. The summed E-state index contributed by atoms with van der Waals surface area (Å²) in [6, 6.07) is 23.9. The van der Waals surface area contributed by atoms with Gasteiger partial charge in [0.05, 0.1) is 23.3 Å². The summed E-state index contributed by atoms with van der Waals surface area (Å²) in [5.74, 6) is 0. The highest BCUT2D eigenvalue weighted by atomic mass is 35.5. The van der Waals surface area contributed by atoms with Gasteiger partial charge in [0.15, 0.2) is 0 Å². The lowest BCUT2D eigenvalue weighted by atomic mass is 9.81. The SMILES string of the molecule is CCCN1CC[C@@](OCc2ccccc2)(c2ccc(Cl)cc2)[C@@H](OCc2ccc(Cl)c(Cl)c2)C1. The number of benzene rings is 3. The molecule has 1 heterocycles. The molecule has 4 rings (SSSR count). The van der Waals surface area contributed by atoms with Crippen molar-refractivity contribution < 1.29 is 9.47 Å². The van der Waals surface area contributed by atoms with E-state index in [0.717, 1.165) is 49.2 Å². The third-order valence-electron chi connectivity index (χ3n) is 6.39. The summed E-state index contributed by atoms with van der Waals surface area (Å²) in [6.07, 6.45) is 1.75. The molecule has 0 saturated carbocycles. The zero-order valence-corrected chi connectivity index (χ0v) is 21.6. The van der Waals surface area contributed by atoms with E-state index in [0.29, 0.717) is 28.3 Å². The molecule has 0 aliphatic carbocycles. The molecule has 0 unspecified atom stereocenters. The smallest absolute Gasteiger partial charge is 0.122 e. The molecule has 180 valence electrons. The van der Waals surface area contributed by atoms with Gasteiger partial charge in [0.25, 0.3) is 0 Å². The first-order chi connectivity index (χ1) is 16.5. The lowest BCUT2D eigenvalue weighted by molar-refractivity contribution is -0.193. The van der Waals surface area contributed by atoms with Crippen LogP contribution >= 0.6 is 34.8 Å². The number of likely N-dealkylation sites (tertiary alicyclic amines) is 1. The second kappa shape index (κ2) is 11.9. The predicted octanol–water partition coefficient (Wildman–Crippen LogP) is 7.76. The van der Waals surface area contributed by atoms with Crippen LogP contribution < -0.4 is 0 Å². The number of halogens is 3. The summed E-state index contributed by atoms with van der Waals surface area (Å²) in [5.41, 5.74) is 2.61. The van der Waals surface area contributed by atoms with Gasteiger partial charge in [-0.2, -0.15) is 0 Å². The van der Waals surface area contributed by atoms with Crippen molar-refractivity contribution in [2.24, 2.45) is 0 Å². The van der Waals surface area contributed by atoms with Crippen LogP contribution in [-0.2, 0) is 28.3 Å². The van der Waals surface area contributed by atoms with E-state index in [-0.39, 0.29) is 6.10 Å². The molecule has 3 aromatic carbocycles. The van der Waals surface area contributed by atoms with Crippen LogP contribution in [0.5, 0.6) is 0 Å². The van der Waals surface area contributed by atoms with Gasteiger partial charge in [0.1, 0.15) is 11.7 Å². The Hall–Kier alpha value is -1.59. The average molecular weight is 519 g/mol. The van der Waals surface area contributed by atoms with Crippen molar-refractivity contribution in [3.63, 3.8) is 0 Å². The van der Waals surface area contributed by atoms with Crippen molar-refractivity contribution in [2.75, 3.05) is 19.6 Å². The van der Waals surface area contributed by atoms with Crippen molar-refractivity contribution >= 4 is 34.8 Å². The fourth-order valence-corrected chi connectivity index (χ4v) is 5.04. The van der Waals surface area contributed by atoms with Gasteiger partial charge in [-0.1, -0.05) is 90.3 Å². The van der Waals surface area contributed by atoms with Crippen molar-refractivity contribution in [1.82, 2.24) is 4.90 Å². The highest BCUT2D eigenvalue weighted by Gasteiger charge is 2.46. The van der Waals surface area contributed by atoms with Gasteiger partial charge in [-0.15, -0.1) is 0 Å². The van der Waals surface area contributed by atoms with E-state index in [1.807, 2.05) is 48.5 Å². The zero-order valence-electron chi connectivity index (χ0n) is 19.4. The first-order valence-electron chi connectivity index (χ1n) is 11.7. The Bertz CT molecular complexity index is 1060. The van der Waals surface area contributed by atoms with Crippen LogP contribution in [0.3, 0.4) is 0 Å². The lowest BCUT2D eigenvalue weighted by Gasteiger charge is -2.47. The first kappa shape index (κ1) is 25.5. The molecule has 0 N–H and O–H groups in total. The second-order valence-electron chi connectivity index (χ2n) is 8.77. The quantitative estimate of drug-likeness (QED) is 0.289. The van der Waals surface area contributed by atoms with Crippen LogP contribution in [0, 0.1) is 0 Å². The first-order valence-corrected chi connectivity index (χ1v) is 12.9. The Labute approximate surface area is 217 Å². The lowest BCUT2D eigenvalue weighted by Crippen LogP contribution is -2.56. The molecular formula is C28H30Cl3NO2. The molecule has 1 aliphatic rings. The van der Waals surface area contributed by atoms with Crippen LogP contribution in [0.1, 0.15) is 36.5 Å². The number of nitrogens with zero attached hydrogens (tertiary/aromatic N) is 1. The van der Waals surface area contributed by atoms with E-state index in [1.54, 1.807) is 0 Å². The van der Waals surface area contributed by atoms with E-state index >= 15 is 0 Å². The van der Waals surface area contributed by atoms with Gasteiger partial charge >= 0.3 is 0 Å². The van der Waals surface area contributed by atoms with Gasteiger partial charge in [-0.05, 0) is 60.3 Å². The molecule has 0 bridgehead atoms. The number of hydrogen-bond donors (Lipinski definition) is 0. The number of hydrogen-bond acceptors (Lipinski definition) is 3. The van der Waals surface area contributed by atoms with Crippen LogP contribution in [0.4, 0.5) is 0 Å². The third-order valence-corrected chi connectivity index (χ3v) is 7.38. The van der Waals surface area contributed by atoms with Crippen molar-refractivity contribution in [2.45, 2.75) is 44.7 Å². The largest absolute Gasteiger partial charge is 0.369 e. The third kappa shape index (κ3) is 6.15. The average Bonchev–Trinajstić information content (AvgIpc) is 2.85. The monoisotopic (exact) mass is 517 g/mol. The van der Waals surface area contributed by atoms with Gasteiger partial charge in [0, 0.05) is 18.1 Å². The Kier molecular flexibility index (Phi) is 8.92. The van der Waals surface area contributed by atoms with E-state index in [4.69, 9.17) is 44.3 Å². The van der Waals surface area contributed by atoms with Gasteiger partial charge in [-0.25, -0.2) is 0 Å². The van der Waals surface area contributed by atoms with Crippen LogP contribution in [0.15, 0.2) is 72.8 Å². The summed E-state index contributed by atoms with van der Waals surface area (Å²) < 4.78 is 13.4. The maximum Gasteiger partial charge on any atom is 0.122 e. The van der Waals surface area contributed by atoms with Crippen LogP contribution in [0.2, 0.25) is 15.1 Å². The minimum Gasteiger partial charge on any atom is -0.369 e. The number of piperidine rings is 1. The summed E-state index contributed by atoms with van der Waals surface area (Å²) in [4.78, 5) is 2.46. The van der Waals surface area contributed by atoms with Crippen LogP contribution in [-0.4, -0.2) is 30.6 Å². The minimum atomic E-state index is -0.596. The summed E-state index contributed by atoms with van der Waals surface area (Å²) >= 11 is 18.6. The Morgan fingerprint density at radius 1 is 0.882 bits per heavy atom. The Balaban J connectivity index is 1.65. The molecule has 6 heteroatoms. The highest BCUT2D eigenvalue weighted by molar-refractivity contribution is 6.42. The summed E-state index contributed by atoms with van der Waals surface area (Å²) in [5, 5.41) is 1.78. The van der Waals surface area contributed by atoms with Crippen molar-refractivity contribution in [3.8, 4) is 0 Å². The van der Waals surface area contributed by atoms with Crippen molar-refractivity contribution in [3.05, 3.63) is 105 Å². The Morgan fingerprint density at radius 3 is 2.35 bits per heavy atom. The molecule has 0 aromatic heterocycles. The zero-order chi connectivity index (χ0) is 24.0. The van der Waals surface area contributed by atoms with Crippen molar-refractivity contribution in [1.29, 1.82) is 0 Å². The molecule has 0 radical (unpaired) electrons. The molecule has 1 saturated heterocycles. The molecule has 0 spiro atoms. The van der Waals surface area contributed by atoms with E-state index in [1.165, 1.54) is 0 Å². The highest BCUT2D eigenvalue weighted by Crippen LogP contribution is 2.40. The van der Waals surface area contributed by atoms with Gasteiger partial charge < -0.3 is 14.4 Å². The maximum absolute atomic E-state index is 6.81.